The van der Waals surface area contributed by atoms with Crippen molar-refractivity contribution in [2.75, 3.05) is 20.3 Å². The molecule has 1 N–H and O–H groups in total. The highest BCUT2D eigenvalue weighted by Gasteiger charge is 2.31. The summed E-state index contributed by atoms with van der Waals surface area (Å²) in [6, 6.07) is 1.10. The number of methoxy groups -OCH3 is 1. The van der Waals surface area contributed by atoms with E-state index < -0.39 is 11.6 Å². The minimum atomic E-state index is -0.668. The molecule has 1 heterocycles. The van der Waals surface area contributed by atoms with Crippen molar-refractivity contribution in [3.05, 3.63) is 23.3 Å². The summed E-state index contributed by atoms with van der Waals surface area (Å²) in [6.45, 7) is 0.668. The van der Waals surface area contributed by atoms with Gasteiger partial charge in [0, 0.05) is 24.4 Å². The molecule has 1 saturated carbocycles. The molecule has 1 aromatic rings. The van der Waals surface area contributed by atoms with E-state index in [1.807, 2.05) is 0 Å². The van der Waals surface area contributed by atoms with Gasteiger partial charge in [0.2, 0.25) is 11.7 Å². The lowest BCUT2D eigenvalue weighted by molar-refractivity contribution is -0.119. The van der Waals surface area contributed by atoms with Gasteiger partial charge in [-0.2, -0.15) is 0 Å². The van der Waals surface area contributed by atoms with E-state index >= 15 is 0 Å². The molecule has 0 bridgehead atoms. The van der Waals surface area contributed by atoms with Gasteiger partial charge < -0.3 is 14.8 Å². The highest BCUT2D eigenvalue weighted by atomic mass is 19.1. The maximum absolute atomic E-state index is 14.6. The number of ether oxygens (including phenoxy) is 2. The molecule has 6 heteroatoms. The Morgan fingerprint density at radius 2 is 2.10 bits per heavy atom. The zero-order valence-corrected chi connectivity index (χ0v) is 11.7. The summed E-state index contributed by atoms with van der Waals surface area (Å²) in [5.74, 6) is -1.81. The largest absolute Gasteiger partial charge is 0.490 e. The number of rotatable bonds is 5. The van der Waals surface area contributed by atoms with E-state index in [4.69, 9.17) is 9.47 Å². The third-order valence-corrected chi connectivity index (χ3v) is 3.94. The molecule has 114 valence electrons. The molecule has 0 spiro atoms. The first-order chi connectivity index (χ1) is 10.1. The summed E-state index contributed by atoms with van der Waals surface area (Å²) < 4.78 is 39.1. The molecule has 1 aliphatic carbocycles. The van der Waals surface area contributed by atoms with Gasteiger partial charge in [-0.1, -0.05) is 0 Å². The smallest absolute Gasteiger partial charge is 0.220 e. The van der Waals surface area contributed by atoms with Crippen LogP contribution >= 0.6 is 0 Å². The quantitative estimate of drug-likeness (QED) is 0.907. The Hall–Kier alpha value is -1.85. The van der Waals surface area contributed by atoms with E-state index in [0.29, 0.717) is 19.1 Å². The van der Waals surface area contributed by atoms with Crippen molar-refractivity contribution in [3.63, 3.8) is 0 Å². The molecule has 1 aliphatic heterocycles. The summed E-state index contributed by atoms with van der Waals surface area (Å²) in [5, 5.41) is 2.62. The lowest BCUT2D eigenvalue weighted by atomic mass is 9.97. The van der Waals surface area contributed by atoms with Crippen LogP contribution in [-0.2, 0) is 4.79 Å². The van der Waals surface area contributed by atoms with Crippen LogP contribution < -0.4 is 14.8 Å². The predicted octanol–water partition coefficient (Wildman–Crippen LogP) is 2.37. The first-order valence-electron chi connectivity index (χ1n) is 7.05. The molecular formula is C15H17F2NO3. The second kappa shape index (κ2) is 5.50. The molecule has 21 heavy (non-hydrogen) atoms. The number of nitrogens with one attached hydrogen (secondary N) is 1. The van der Waals surface area contributed by atoms with Crippen molar-refractivity contribution < 1.29 is 23.0 Å². The zero-order chi connectivity index (χ0) is 15.0. The summed E-state index contributed by atoms with van der Waals surface area (Å²) in [5.41, 5.74) is 0.164. The average molecular weight is 297 g/mol. The molecule has 2 aliphatic rings. The molecule has 4 nitrogen and oxygen atoms in total. The van der Waals surface area contributed by atoms with Crippen molar-refractivity contribution in [3.8, 4) is 11.5 Å². The third kappa shape index (κ3) is 2.80. The van der Waals surface area contributed by atoms with Gasteiger partial charge in [0.05, 0.1) is 13.7 Å². The fraction of sp³-hybridized carbons (Fsp3) is 0.533. The molecule has 1 saturated heterocycles. The Bertz CT molecular complexity index is 573. The van der Waals surface area contributed by atoms with Gasteiger partial charge in [-0.05, 0) is 24.8 Å². The minimum absolute atomic E-state index is 0.156. The summed E-state index contributed by atoms with van der Waals surface area (Å²) in [4.78, 5) is 11.3. The lowest BCUT2D eigenvalue weighted by Gasteiger charge is -2.17. The van der Waals surface area contributed by atoms with E-state index in [0.717, 1.165) is 18.9 Å². The fourth-order valence-corrected chi connectivity index (χ4v) is 2.53. The van der Waals surface area contributed by atoms with Crippen LogP contribution in [0.5, 0.6) is 11.5 Å². The summed E-state index contributed by atoms with van der Waals surface area (Å²) in [6.07, 6.45) is 2.26. The molecule has 1 unspecified atom stereocenters. The number of carbonyl (C=O) groups is 1. The van der Waals surface area contributed by atoms with Crippen LogP contribution in [0.4, 0.5) is 8.78 Å². The zero-order valence-electron chi connectivity index (χ0n) is 11.7. The molecule has 1 aromatic carbocycles. The Morgan fingerprint density at radius 1 is 1.33 bits per heavy atom. The lowest BCUT2D eigenvalue weighted by Crippen LogP contribution is -2.14. The van der Waals surface area contributed by atoms with Crippen molar-refractivity contribution >= 4 is 5.91 Å². The van der Waals surface area contributed by atoms with E-state index in [1.165, 1.54) is 7.11 Å². The van der Waals surface area contributed by atoms with Crippen molar-refractivity contribution in [1.29, 1.82) is 0 Å². The number of hydrogen-bond donors (Lipinski definition) is 1. The van der Waals surface area contributed by atoms with Crippen LogP contribution in [0.3, 0.4) is 0 Å². The summed E-state index contributed by atoms with van der Waals surface area (Å²) in [7, 11) is 1.28. The maximum Gasteiger partial charge on any atom is 0.220 e. The number of hydrogen-bond acceptors (Lipinski definition) is 3. The topological polar surface area (TPSA) is 47.6 Å². The fourth-order valence-electron chi connectivity index (χ4n) is 2.53. The van der Waals surface area contributed by atoms with Crippen LogP contribution in [0.2, 0.25) is 0 Å². The molecule has 1 atom stereocenters. The van der Waals surface area contributed by atoms with Crippen molar-refractivity contribution in [1.82, 2.24) is 5.32 Å². The van der Waals surface area contributed by atoms with Crippen LogP contribution in [0.1, 0.15) is 30.7 Å². The van der Waals surface area contributed by atoms with Crippen LogP contribution in [-0.4, -0.2) is 26.2 Å². The number of carbonyl (C=O) groups excluding carboxylic acids is 1. The molecule has 2 fully saturated rings. The van der Waals surface area contributed by atoms with Crippen LogP contribution in [0.25, 0.3) is 0 Å². The molecule has 3 rings (SSSR count). The normalized spacial score (nSPS) is 21.3. The van der Waals surface area contributed by atoms with Crippen LogP contribution in [0.15, 0.2) is 6.07 Å². The average Bonchev–Trinajstić information content (AvgIpc) is 3.19. The van der Waals surface area contributed by atoms with Crippen LogP contribution in [0, 0.1) is 17.6 Å². The Kier molecular flexibility index (Phi) is 3.69. The highest BCUT2D eigenvalue weighted by molar-refractivity contribution is 5.79. The predicted molar refractivity (Wildman–Crippen MR) is 71.5 cm³/mol. The second-order valence-electron chi connectivity index (χ2n) is 5.58. The maximum atomic E-state index is 14.6. The number of amides is 1. The summed E-state index contributed by atoms with van der Waals surface area (Å²) >= 11 is 0. The monoisotopic (exact) mass is 297 g/mol. The van der Waals surface area contributed by atoms with Gasteiger partial charge >= 0.3 is 0 Å². The van der Waals surface area contributed by atoms with Gasteiger partial charge in [-0.3, -0.25) is 4.79 Å². The van der Waals surface area contributed by atoms with Gasteiger partial charge in [-0.25, -0.2) is 8.78 Å². The molecule has 0 radical (unpaired) electrons. The van der Waals surface area contributed by atoms with E-state index in [9.17, 15) is 13.6 Å². The van der Waals surface area contributed by atoms with Crippen molar-refractivity contribution in [2.24, 2.45) is 5.92 Å². The Labute approximate surface area is 121 Å². The third-order valence-electron chi connectivity index (χ3n) is 3.94. The molecule has 0 aromatic heterocycles. The highest BCUT2D eigenvalue weighted by Crippen LogP contribution is 2.40. The van der Waals surface area contributed by atoms with Gasteiger partial charge in [0.1, 0.15) is 0 Å². The molecule has 1 amide bonds. The van der Waals surface area contributed by atoms with Gasteiger partial charge in [0.25, 0.3) is 0 Å². The molecular weight excluding hydrogens is 280 g/mol. The minimum Gasteiger partial charge on any atom is -0.490 e. The SMILES string of the molecule is COc1c(F)cc(C2CNC(=O)C2)c(F)c1OCC1CC1. The standard InChI is InChI=1S/C15H17F2NO3/c1-20-14-11(16)5-10(9-4-12(19)18-6-9)13(17)15(14)21-7-8-2-3-8/h5,8-9H,2-4,6-7H2,1H3,(H,18,19). The van der Waals surface area contributed by atoms with E-state index in [1.54, 1.807) is 0 Å². The van der Waals surface area contributed by atoms with Crippen molar-refractivity contribution in [2.45, 2.75) is 25.2 Å². The Balaban J connectivity index is 1.94. The number of halogens is 2. The van der Waals surface area contributed by atoms with Gasteiger partial charge in [0.15, 0.2) is 17.4 Å². The second-order valence-corrected chi connectivity index (χ2v) is 5.58. The van der Waals surface area contributed by atoms with E-state index in [2.05, 4.69) is 5.32 Å². The number of benzene rings is 1. The Morgan fingerprint density at radius 3 is 2.67 bits per heavy atom. The first-order valence-corrected chi connectivity index (χ1v) is 7.05. The van der Waals surface area contributed by atoms with E-state index in [-0.39, 0.29) is 35.3 Å². The van der Waals surface area contributed by atoms with Gasteiger partial charge in [-0.15, -0.1) is 0 Å². The first kappa shape index (κ1) is 14.1.